The largest absolute Gasteiger partial charge is 0.478 e. The molecule has 0 saturated carbocycles. The first-order valence-corrected chi connectivity index (χ1v) is 6.85. The Balaban J connectivity index is 2.08. The fourth-order valence-corrected chi connectivity index (χ4v) is 3.47. The molecule has 0 amide bonds. The zero-order chi connectivity index (χ0) is 12.8. The van der Waals surface area contributed by atoms with E-state index in [1.165, 1.54) is 12.5 Å². The van der Waals surface area contributed by atoms with Crippen molar-refractivity contribution in [3.63, 3.8) is 0 Å². The zero-order valence-electron chi connectivity index (χ0n) is 9.97. The zero-order valence-corrected chi connectivity index (χ0v) is 10.8. The molecule has 94 valence electrons. The predicted molar refractivity (Wildman–Crippen MR) is 70.0 cm³/mol. The molecular weight excluding hydrogens is 250 g/mol. The second-order valence-electron chi connectivity index (χ2n) is 4.69. The number of aromatic carboxylic acids is 1. The van der Waals surface area contributed by atoms with Crippen molar-refractivity contribution in [1.29, 1.82) is 0 Å². The van der Waals surface area contributed by atoms with Crippen molar-refractivity contribution in [2.45, 2.75) is 24.5 Å². The molecule has 0 spiro atoms. The molecule has 18 heavy (non-hydrogen) atoms. The quantitative estimate of drug-likeness (QED) is 0.900. The third-order valence-corrected chi connectivity index (χ3v) is 4.82. The number of benzene rings is 1. The van der Waals surface area contributed by atoms with E-state index in [9.17, 15) is 4.79 Å². The smallest absolute Gasteiger partial charge is 0.335 e. The first-order valence-electron chi connectivity index (χ1n) is 5.87. The molecule has 1 aliphatic rings. The number of hydrogen-bond donors (Lipinski definition) is 1. The summed E-state index contributed by atoms with van der Waals surface area (Å²) in [6.45, 7) is 2.13. The second kappa shape index (κ2) is 4.02. The molecule has 1 aromatic carbocycles. The lowest BCUT2D eigenvalue weighted by Crippen LogP contribution is -2.12. The summed E-state index contributed by atoms with van der Waals surface area (Å²) in [6.07, 6.45) is 2.22. The molecule has 1 N–H and O–H groups in total. The first kappa shape index (κ1) is 11.6. The van der Waals surface area contributed by atoms with Crippen molar-refractivity contribution >= 4 is 28.8 Å². The van der Waals surface area contributed by atoms with Gasteiger partial charge in [0.25, 0.3) is 0 Å². The Morgan fingerprint density at radius 1 is 1.56 bits per heavy atom. The van der Waals surface area contributed by atoms with Gasteiger partial charge < -0.3 is 9.52 Å². The highest BCUT2D eigenvalue weighted by Gasteiger charge is 2.36. The molecular formula is C13H13NO3S. The van der Waals surface area contributed by atoms with E-state index in [2.05, 4.69) is 11.9 Å². The lowest BCUT2D eigenvalue weighted by molar-refractivity contribution is 0.0697. The molecule has 2 heterocycles. The van der Waals surface area contributed by atoms with Crippen LogP contribution in [-0.2, 0) is 4.75 Å². The number of hydrogen-bond acceptors (Lipinski definition) is 4. The van der Waals surface area contributed by atoms with Gasteiger partial charge in [-0.05, 0) is 43.7 Å². The summed E-state index contributed by atoms with van der Waals surface area (Å²) in [4.78, 5) is 15.4. The molecule has 2 aromatic rings. The minimum atomic E-state index is -0.948. The van der Waals surface area contributed by atoms with E-state index in [4.69, 9.17) is 9.52 Å². The van der Waals surface area contributed by atoms with E-state index >= 15 is 0 Å². The number of nitrogens with zero attached hydrogens (tertiary/aromatic N) is 1. The molecule has 1 fully saturated rings. The fraction of sp³-hybridized carbons (Fsp3) is 0.385. The molecule has 0 radical (unpaired) electrons. The van der Waals surface area contributed by atoms with E-state index in [0.717, 1.165) is 17.7 Å². The van der Waals surface area contributed by atoms with Crippen LogP contribution in [0.5, 0.6) is 0 Å². The predicted octanol–water partition coefficient (Wildman–Crippen LogP) is 3.27. The molecule has 0 aliphatic carbocycles. The van der Waals surface area contributed by atoms with Gasteiger partial charge in [-0.3, -0.25) is 0 Å². The van der Waals surface area contributed by atoms with Crippen LogP contribution in [-0.4, -0.2) is 21.8 Å². The van der Waals surface area contributed by atoms with Crippen molar-refractivity contribution in [3.8, 4) is 0 Å². The molecule has 0 bridgehead atoms. The Labute approximate surface area is 108 Å². The standard InChI is InChI=1S/C13H13NO3S/c1-13(5-2-6-18-13)12-14-9-4-3-8(11(15)16)7-10(9)17-12/h3-4,7H,2,5-6H2,1H3,(H,15,16). The Kier molecular flexibility index (Phi) is 2.59. The Morgan fingerprint density at radius 2 is 2.39 bits per heavy atom. The third-order valence-electron chi connectivity index (χ3n) is 3.31. The number of rotatable bonds is 2. The number of carbonyl (C=O) groups is 1. The van der Waals surface area contributed by atoms with E-state index < -0.39 is 5.97 Å². The summed E-state index contributed by atoms with van der Waals surface area (Å²) < 4.78 is 5.68. The average Bonchev–Trinajstić information content (AvgIpc) is 2.94. The van der Waals surface area contributed by atoms with Crippen LogP contribution in [0.3, 0.4) is 0 Å². The normalized spacial score (nSPS) is 23.6. The summed E-state index contributed by atoms with van der Waals surface area (Å²) >= 11 is 1.85. The van der Waals surface area contributed by atoms with Gasteiger partial charge in [0.2, 0.25) is 5.89 Å². The summed E-state index contributed by atoms with van der Waals surface area (Å²) in [5.41, 5.74) is 1.51. The minimum absolute atomic E-state index is 0.0671. The summed E-state index contributed by atoms with van der Waals surface area (Å²) in [5.74, 6) is 0.883. The highest BCUT2D eigenvalue weighted by atomic mass is 32.2. The highest BCUT2D eigenvalue weighted by Crippen LogP contribution is 2.46. The molecule has 1 atom stereocenters. The van der Waals surface area contributed by atoms with Gasteiger partial charge in [0.1, 0.15) is 5.52 Å². The number of carboxylic acid groups (broad SMARTS) is 1. The third kappa shape index (κ3) is 1.79. The monoisotopic (exact) mass is 263 g/mol. The summed E-state index contributed by atoms with van der Waals surface area (Å²) in [5, 5.41) is 8.95. The maximum absolute atomic E-state index is 10.9. The van der Waals surface area contributed by atoms with Gasteiger partial charge in [-0.1, -0.05) is 0 Å². The van der Waals surface area contributed by atoms with Crippen LogP contribution in [0, 0.1) is 0 Å². The van der Waals surface area contributed by atoms with E-state index in [1.807, 2.05) is 11.8 Å². The highest BCUT2D eigenvalue weighted by molar-refractivity contribution is 8.00. The Morgan fingerprint density at radius 3 is 3.06 bits per heavy atom. The average molecular weight is 263 g/mol. The SMILES string of the molecule is CC1(c2nc3ccc(C(=O)O)cc3o2)CCCS1. The number of aromatic nitrogens is 1. The first-order chi connectivity index (χ1) is 8.58. The van der Waals surface area contributed by atoms with Gasteiger partial charge in [-0.2, -0.15) is 0 Å². The maximum atomic E-state index is 10.9. The molecule has 1 saturated heterocycles. The minimum Gasteiger partial charge on any atom is -0.478 e. The van der Waals surface area contributed by atoms with Crippen molar-refractivity contribution in [2.75, 3.05) is 5.75 Å². The van der Waals surface area contributed by atoms with Gasteiger partial charge in [-0.25, -0.2) is 9.78 Å². The molecule has 1 unspecified atom stereocenters. The van der Waals surface area contributed by atoms with Crippen LogP contribution in [0.25, 0.3) is 11.1 Å². The second-order valence-corrected chi connectivity index (χ2v) is 6.29. The molecule has 4 nitrogen and oxygen atoms in total. The van der Waals surface area contributed by atoms with Crippen LogP contribution in [0.2, 0.25) is 0 Å². The Bertz CT molecular complexity index is 614. The summed E-state index contributed by atoms with van der Waals surface area (Å²) in [6, 6.07) is 4.80. The van der Waals surface area contributed by atoms with Crippen LogP contribution in [0.4, 0.5) is 0 Å². The lowest BCUT2D eigenvalue weighted by Gasteiger charge is -2.17. The van der Waals surface area contributed by atoms with Gasteiger partial charge >= 0.3 is 5.97 Å². The van der Waals surface area contributed by atoms with Gasteiger partial charge in [0.05, 0.1) is 10.3 Å². The van der Waals surface area contributed by atoms with Crippen LogP contribution >= 0.6 is 11.8 Å². The Hall–Kier alpha value is -1.49. The summed E-state index contributed by atoms with van der Waals surface area (Å²) in [7, 11) is 0. The topological polar surface area (TPSA) is 63.3 Å². The van der Waals surface area contributed by atoms with E-state index in [0.29, 0.717) is 11.5 Å². The van der Waals surface area contributed by atoms with E-state index in [1.54, 1.807) is 12.1 Å². The lowest BCUT2D eigenvalue weighted by atomic mass is 10.1. The van der Waals surface area contributed by atoms with Crippen LogP contribution in [0.1, 0.15) is 36.0 Å². The van der Waals surface area contributed by atoms with Crippen LogP contribution < -0.4 is 0 Å². The maximum Gasteiger partial charge on any atom is 0.335 e. The number of oxazole rings is 1. The molecule has 5 heteroatoms. The molecule has 3 rings (SSSR count). The van der Waals surface area contributed by atoms with Crippen molar-refractivity contribution in [2.24, 2.45) is 0 Å². The van der Waals surface area contributed by atoms with E-state index in [-0.39, 0.29) is 10.3 Å². The van der Waals surface area contributed by atoms with Crippen molar-refractivity contribution in [1.82, 2.24) is 4.98 Å². The fourth-order valence-electron chi connectivity index (χ4n) is 2.23. The molecule has 1 aromatic heterocycles. The van der Waals surface area contributed by atoms with Gasteiger partial charge in [0.15, 0.2) is 5.58 Å². The number of thioether (sulfide) groups is 1. The van der Waals surface area contributed by atoms with Gasteiger partial charge in [0, 0.05) is 0 Å². The van der Waals surface area contributed by atoms with Gasteiger partial charge in [-0.15, -0.1) is 11.8 Å². The van der Waals surface area contributed by atoms with Crippen molar-refractivity contribution < 1.29 is 14.3 Å². The molecule has 1 aliphatic heterocycles. The van der Waals surface area contributed by atoms with Crippen LogP contribution in [0.15, 0.2) is 22.6 Å². The van der Waals surface area contributed by atoms with Crippen molar-refractivity contribution in [3.05, 3.63) is 29.7 Å². The number of carboxylic acids is 1. The number of fused-ring (bicyclic) bond motifs is 1.